The van der Waals surface area contributed by atoms with Gasteiger partial charge in [-0.2, -0.15) is 0 Å². The summed E-state index contributed by atoms with van der Waals surface area (Å²) in [5.41, 5.74) is 1.30. The van der Waals surface area contributed by atoms with Gasteiger partial charge in [0.1, 0.15) is 5.82 Å². The van der Waals surface area contributed by atoms with Gasteiger partial charge in [0.05, 0.1) is 10.6 Å². The normalized spacial score (nSPS) is 11.2. The molecular weight excluding hydrogens is 305 g/mol. The summed E-state index contributed by atoms with van der Waals surface area (Å²) in [5, 5.41) is 2.40. The van der Waals surface area contributed by atoms with Crippen molar-refractivity contribution in [3.05, 3.63) is 59.4 Å². The van der Waals surface area contributed by atoms with Gasteiger partial charge in [-0.25, -0.2) is 12.8 Å². The number of carbonyl (C=O) groups excluding carboxylic acids is 1. The first-order valence-corrected chi connectivity index (χ1v) is 8.60. The third-order valence-corrected chi connectivity index (χ3v) is 4.35. The van der Waals surface area contributed by atoms with Crippen molar-refractivity contribution in [2.75, 3.05) is 11.6 Å². The highest BCUT2D eigenvalue weighted by Gasteiger charge is 2.14. The van der Waals surface area contributed by atoms with Gasteiger partial charge in [-0.15, -0.1) is 0 Å². The molecule has 0 heterocycles. The van der Waals surface area contributed by atoms with Gasteiger partial charge < -0.3 is 5.32 Å². The van der Waals surface area contributed by atoms with Crippen LogP contribution in [0.25, 0.3) is 0 Å². The van der Waals surface area contributed by atoms with Crippen LogP contribution >= 0.6 is 0 Å². The van der Waals surface area contributed by atoms with Crippen LogP contribution in [0.15, 0.2) is 47.4 Å². The first kappa shape index (κ1) is 16.2. The van der Waals surface area contributed by atoms with Gasteiger partial charge in [0, 0.05) is 11.8 Å². The van der Waals surface area contributed by atoms with Crippen LogP contribution in [0.3, 0.4) is 0 Å². The average molecular weight is 321 g/mol. The van der Waals surface area contributed by atoms with Crippen molar-refractivity contribution in [1.29, 1.82) is 0 Å². The minimum Gasteiger partial charge on any atom is -0.319 e. The maximum absolute atomic E-state index is 13.7. The van der Waals surface area contributed by atoms with Crippen LogP contribution in [0, 0.1) is 5.82 Å². The van der Waals surface area contributed by atoms with E-state index in [-0.39, 0.29) is 10.6 Å². The fourth-order valence-corrected chi connectivity index (χ4v) is 2.56. The summed E-state index contributed by atoms with van der Waals surface area (Å²) in [6, 6.07) is 10.2. The van der Waals surface area contributed by atoms with Crippen molar-refractivity contribution in [2.24, 2.45) is 0 Å². The first-order chi connectivity index (χ1) is 10.3. The molecule has 2 aromatic carbocycles. The number of aryl methyl sites for hydroxylation is 1. The highest BCUT2D eigenvalue weighted by atomic mass is 32.2. The average Bonchev–Trinajstić information content (AvgIpc) is 2.48. The lowest BCUT2D eigenvalue weighted by Crippen LogP contribution is -2.13. The zero-order chi connectivity index (χ0) is 16.3. The Balaban J connectivity index is 2.27. The molecule has 0 atom stereocenters. The lowest BCUT2D eigenvalue weighted by Gasteiger charge is -2.08. The van der Waals surface area contributed by atoms with E-state index in [1.807, 2.05) is 19.1 Å². The van der Waals surface area contributed by atoms with E-state index < -0.39 is 21.6 Å². The number of amides is 1. The SMILES string of the molecule is CCc1ccc(C(=O)Nc2cc(S(C)(=O)=O)ccc2F)cc1. The van der Waals surface area contributed by atoms with E-state index in [4.69, 9.17) is 0 Å². The number of hydrogen-bond acceptors (Lipinski definition) is 3. The van der Waals surface area contributed by atoms with E-state index in [2.05, 4.69) is 5.32 Å². The van der Waals surface area contributed by atoms with Crippen LogP contribution in [0.5, 0.6) is 0 Å². The standard InChI is InChI=1S/C16H16FNO3S/c1-3-11-4-6-12(7-5-11)16(19)18-15-10-13(22(2,20)21)8-9-14(15)17/h4-10H,3H2,1-2H3,(H,18,19). The summed E-state index contributed by atoms with van der Waals surface area (Å²) in [5.74, 6) is -1.18. The number of benzene rings is 2. The maximum atomic E-state index is 13.7. The second-order valence-electron chi connectivity index (χ2n) is 4.92. The van der Waals surface area contributed by atoms with Crippen molar-refractivity contribution in [1.82, 2.24) is 0 Å². The van der Waals surface area contributed by atoms with E-state index in [9.17, 15) is 17.6 Å². The molecule has 0 aliphatic heterocycles. The van der Waals surface area contributed by atoms with Crippen molar-refractivity contribution >= 4 is 21.4 Å². The fourth-order valence-electron chi connectivity index (χ4n) is 1.92. The summed E-state index contributed by atoms with van der Waals surface area (Å²) in [6.45, 7) is 2.00. The molecule has 0 unspecified atom stereocenters. The van der Waals surface area contributed by atoms with Crippen LogP contribution in [-0.4, -0.2) is 20.6 Å². The number of halogens is 1. The molecule has 0 bridgehead atoms. The molecule has 22 heavy (non-hydrogen) atoms. The zero-order valence-electron chi connectivity index (χ0n) is 12.3. The lowest BCUT2D eigenvalue weighted by atomic mass is 10.1. The molecule has 116 valence electrons. The van der Waals surface area contributed by atoms with Gasteiger partial charge >= 0.3 is 0 Å². The molecular formula is C16H16FNO3S. The molecule has 2 aromatic rings. The van der Waals surface area contributed by atoms with Crippen LogP contribution in [0.2, 0.25) is 0 Å². The molecule has 1 amide bonds. The number of nitrogens with one attached hydrogen (secondary N) is 1. The summed E-state index contributed by atoms with van der Waals surface area (Å²) >= 11 is 0. The molecule has 0 fully saturated rings. The quantitative estimate of drug-likeness (QED) is 0.880. The predicted molar refractivity (Wildman–Crippen MR) is 83.3 cm³/mol. The molecule has 0 saturated heterocycles. The number of hydrogen-bond donors (Lipinski definition) is 1. The molecule has 6 heteroatoms. The predicted octanol–water partition coefficient (Wildman–Crippen LogP) is 3.04. The van der Waals surface area contributed by atoms with Gasteiger partial charge in [-0.1, -0.05) is 19.1 Å². The molecule has 0 aromatic heterocycles. The van der Waals surface area contributed by atoms with Gasteiger partial charge in [-0.3, -0.25) is 4.79 Å². The molecule has 0 radical (unpaired) electrons. The molecule has 0 aliphatic rings. The van der Waals surface area contributed by atoms with E-state index >= 15 is 0 Å². The van der Waals surface area contributed by atoms with Crippen molar-refractivity contribution < 1.29 is 17.6 Å². The second-order valence-corrected chi connectivity index (χ2v) is 6.93. The van der Waals surface area contributed by atoms with Crippen LogP contribution < -0.4 is 5.32 Å². The fraction of sp³-hybridized carbons (Fsp3) is 0.188. The summed E-state index contributed by atoms with van der Waals surface area (Å²) < 4.78 is 36.7. The Bertz CT molecular complexity index is 799. The topological polar surface area (TPSA) is 63.2 Å². The number of anilines is 1. The smallest absolute Gasteiger partial charge is 0.255 e. The maximum Gasteiger partial charge on any atom is 0.255 e. The summed E-state index contributed by atoms with van der Waals surface area (Å²) in [6.07, 6.45) is 1.88. The second kappa shape index (κ2) is 6.27. The highest BCUT2D eigenvalue weighted by molar-refractivity contribution is 7.90. The van der Waals surface area contributed by atoms with Crippen molar-refractivity contribution in [3.8, 4) is 0 Å². The van der Waals surface area contributed by atoms with Gasteiger partial charge in [0.25, 0.3) is 5.91 Å². The molecule has 0 spiro atoms. The van der Waals surface area contributed by atoms with Gasteiger partial charge in [0.15, 0.2) is 9.84 Å². The van der Waals surface area contributed by atoms with Gasteiger partial charge in [0.2, 0.25) is 0 Å². The number of sulfone groups is 1. The molecule has 1 N–H and O–H groups in total. The first-order valence-electron chi connectivity index (χ1n) is 6.71. The Labute approximate surface area is 128 Å². The highest BCUT2D eigenvalue weighted by Crippen LogP contribution is 2.20. The Hall–Kier alpha value is -2.21. The zero-order valence-corrected chi connectivity index (χ0v) is 13.1. The lowest BCUT2D eigenvalue weighted by molar-refractivity contribution is 0.102. The summed E-state index contributed by atoms with van der Waals surface area (Å²) in [7, 11) is -3.47. The van der Waals surface area contributed by atoms with Crippen LogP contribution in [-0.2, 0) is 16.3 Å². The third-order valence-electron chi connectivity index (χ3n) is 3.24. The van der Waals surface area contributed by atoms with E-state index in [0.717, 1.165) is 36.4 Å². The monoisotopic (exact) mass is 321 g/mol. The van der Waals surface area contributed by atoms with E-state index in [1.165, 1.54) is 0 Å². The Kier molecular flexibility index (Phi) is 4.61. The van der Waals surface area contributed by atoms with E-state index in [1.54, 1.807) is 12.1 Å². The molecule has 2 rings (SSSR count). The molecule has 0 saturated carbocycles. The number of carbonyl (C=O) groups is 1. The summed E-state index contributed by atoms with van der Waals surface area (Å²) in [4.78, 5) is 12.0. The van der Waals surface area contributed by atoms with Crippen molar-refractivity contribution in [2.45, 2.75) is 18.2 Å². The molecule has 0 aliphatic carbocycles. The van der Waals surface area contributed by atoms with Gasteiger partial charge in [-0.05, 0) is 42.3 Å². The Morgan fingerprint density at radius 3 is 2.32 bits per heavy atom. The minimum atomic E-state index is -3.47. The Morgan fingerprint density at radius 1 is 1.14 bits per heavy atom. The largest absolute Gasteiger partial charge is 0.319 e. The van der Waals surface area contributed by atoms with E-state index in [0.29, 0.717) is 5.56 Å². The van der Waals surface area contributed by atoms with Crippen molar-refractivity contribution in [3.63, 3.8) is 0 Å². The third kappa shape index (κ3) is 3.71. The van der Waals surface area contributed by atoms with Crippen LogP contribution in [0.1, 0.15) is 22.8 Å². The Morgan fingerprint density at radius 2 is 1.77 bits per heavy atom. The minimum absolute atomic E-state index is 0.0504. The van der Waals surface area contributed by atoms with Crippen LogP contribution in [0.4, 0.5) is 10.1 Å². The number of rotatable bonds is 4. The molecule has 4 nitrogen and oxygen atoms in total.